The van der Waals surface area contributed by atoms with Gasteiger partial charge in [0.1, 0.15) is 10.8 Å². The second-order valence-corrected chi connectivity index (χ2v) is 9.96. The number of phenols is 1. The van der Waals surface area contributed by atoms with Crippen molar-refractivity contribution in [2.24, 2.45) is 4.99 Å². The molecular weight excluding hydrogens is 563 g/mol. The van der Waals surface area contributed by atoms with Gasteiger partial charge in [-0.2, -0.15) is 0 Å². The summed E-state index contributed by atoms with van der Waals surface area (Å²) < 4.78 is 1.61. The topological polar surface area (TPSA) is 61.7 Å². The Morgan fingerprint density at radius 3 is 2.76 bits per heavy atom. The van der Waals surface area contributed by atoms with Crippen LogP contribution in [0.25, 0.3) is 0 Å². The average molecular weight is 581 g/mol. The number of fused-ring (bicyclic) bond motifs is 1. The number of amides is 1. The van der Waals surface area contributed by atoms with Crippen molar-refractivity contribution in [3.05, 3.63) is 72.1 Å². The number of rotatable bonds is 4. The van der Waals surface area contributed by atoms with Crippen LogP contribution in [0.3, 0.4) is 0 Å². The molecule has 3 aromatic rings. The van der Waals surface area contributed by atoms with Crippen molar-refractivity contribution < 1.29 is 9.90 Å². The van der Waals surface area contributed by atoms with E-state index < -0.39 is 0 Å². The molecule has 2 aromatic carbocycles. The SMILES string of the molecule is O=C(Nc1ccccc1)c1c(N=Cc2cc(Br)cc(I)c2O)sc2c1CCCC2. The van der Waals surface area contributed by atoms with Crippen molar-refractivity contribution in [2.75, 3.05) is 5.32 Å². The third-order valence-electron chi connectivity index (χ3n) is 4.79. The molecule has 0 atom stereocenters. The largest absolute Gasteiger partial charge is 0.506 e. The van der Waals surface area contributed by atoms with Gasteiger partial charge in [0.05, 0.1) is 9.13 Å². The smallest absolute Gasteiger partial charge is 0.259 e. The van der Waals surface area contributed by atoms with Gasteiger partial charge in [-0.3, -0.25) is 4.79 Å². The summed E-state index contributed by atoms with van der Waals surface area (Å²) in [5.74, 6) is 0.0601. The Hall–Kier alpha value is -1.71. The zero-order valence-electron chi connectivity index (χ0n) is 15.4. The van der Waals surface area contributed by atoms with Crippen LogP contribution in [0.15, 0.2) is 51.9 Å². The van der Waals surface area contributed by atoms with Gasteiger partial charge in [-0.1, -0.05) is 34.1 Å². The molecule has 29 heavy (non-hydrogen) atoms. The normalized spacial score (nSPS) is 13.4. The third-order valence-corrected chi connectivity index (χ3v) is 7.27. The van der Waals surface area contributed by atoms with Gasteiger partial charge in [0.15, 0.2) is 0 Å². The Balaban J connectivity index is 1.72. The lowest BCUT2D eigenvalue weighted by Gasteiger charge is -2.12. The highest BCUT2D eigenvalue weighted by Crippen LogP contribution is 2.40. The highest BCUT2D eigenvalue weighted by atomic mass is 127. The molecule has 0 aliphatic heterocycles. The van der Waals surface area contributed by atoms with Gasteiger partial charge in [0.25, 0.3) is 5.91 Å². The minimum absolute atomic E-state index is 0.129. The lowest BCUT2D eigenvalue weighted by atomic mass is 9.95. The highest BCUT2D eigenvalue weighted by Gasteiger charge is 2.25. The van der Waals surface area contributed by atoms with E-state index in [1.54, 1.807) is 17.6 Å². The molecule has 0 radical (unpaired) electrons. The van der Waals surface area contributed by atoms with Gasteiger partial charge in [-0.05, 0) is 78.1 Å². The molecule has 1 aliphatic rings. The monoisotopic (exact) mass is 580 g/mol. The first-order valence-corrected chi connectivity index (χ1v) is 11.9. The van der Waals surface area contributed by atoms with E-state index in [2.05, 4.69) is 48.8 Å². The fourth-order valence-electron chi connectivity index (χ4n) is 3.40. The molecule has 7 heteroatoms. The van der Waals surface area contributed by atoms with E-state index in [4.69, 9.17) is 0 Å². The number of halogens is 2. The average Bonchev–Trinajstić information content (AvgIpc) is 3.09. The molecule has 0 saturated heterocycles. The molecule has 4 rings (SSSR count). The number of hydrogen-bond acceptors (Lipinski definition) is 4. The maximum Gasteiger partial charge on any atom is 0.259 e. The fourth-order valence-corrected chi connectivity index (χ4v) is 6.19. The number of nitrogens with one attached hydrogen (secondary N) is 1. The third kappa shape index (κ3) is 4.57. The highest BCUT2D eigenvalue weighted by molar-refractivity contribution is 14.1. The Morgan fingerprint density at radius 1 is 1.21 bits per heavy atom. The van der Waals surface area contributed by atoms with Crippen LogP contribution < -0.4 is 5.32 Å². The first kappa shape index (κ1) is 20.6. The molecule has 0 bridgehead atoms. The first-order chi connectivity index (χ1) is 14.0. The number of benzene rings is 2. The summed E-state index contributed by atoms with van der Waals surface area (Å²) in [6, 6.07) is 13.1. The van der Waals surface area contributed by atoms with E-state index in [9.17, 15) is 9.90 Å². The molecule has 1 heterocycles. The van der Waals surface area contributed by atoms with E-state index in [-0.39, 0.29) is 11.7 Å². The van der Waals surface area contributed by atoms with Crippen molar-refractivity contribution in [3.63, 3.8) is 0 Å². The van der Waals surface area contributed by atoms with Crippen LogP contribution in [0, 0.1) is 3.57 Å². The maximum absolute atomic E-state index is 13.1. The number of nitrogens with zero attached hydrogens (tertiary/aromatic N) is 1. The van der Waals surface area contributed by atoms with Gasteiger partial charge < -0.3 is 10.4 Å². The van der Waals surface area contributed by atoms with Crippen LogP contribution in [0.1, 0.15) is 39.2 Å². The number of carbonyl (C=O) groups excluding carboxylic acids is 1. The zero-order chi connectivity index (χ0) is 20.4. The van der Waals surface area contributed by atoms with Gasteiger partial charge >= 0.3 is 0 Å². The molecule has 1 aliphatic carbocycles. The van der Waals surface area contributed by atoms with Gasteiger partial charge in [0.2, 0.25) is 0 Å². The predicted molar refractivity (Wildman–Crippen MR) is 131 cm³/mol. The van der Waals surface area contributed by atoms with Crippen LogP contribution in [-0.4, -0.2) is 17.2 Å². The number of carbonyl (C=O) groups is 1. The number of aryl methyl sites for hydroxylation is 1. The predicted octanol–water partition coefficient (Wildman–Crippen LogP) is 6.70. The second kappa shape index (κ2) is 8.97. The standard InChI is InChI=1S/C22H18BrIN2O2S/c23-14-10-13(20(27)17(24)11-14)12-25-22-19(16-8-4-5-9-18(16)29-22)21(28)26-15-6-2-1-3-7-15/h1-3,6-7,10-12,27H,4-5,8-9H2,(H,26,28). The Morgan fingerprint density at radius 2 is 1.97 bits per heavy atom. The van der Waals surface area contributed by atoms with Crippen LogP contribution in [0.5, 0.6) is 5.75 Å². The van der Waals surface area contributed by atoms with Crippen molar-refractivity contribution in [2.45, 2.75) is 25.7 Å². The quantitative estimate of drug-likeness (QED) is 0.266. The lowest BCUT2D eigenvalue weighted by molar-refractivity contribution is 0.102. The number of aliphatic imine (C=N–C) groups is 1. The second-order valence-electron chi connectivity index (χ2n) is 6.79. The van der Waals surface area contributed by atoms with E-state index in [1.165, 1.54) is 4.88 Å². The lowest BCUT2D eigenvalue weighted by Crippen LogP contribution is -2.14. The van der Waals surface area contributed by atoms with Crippen LogP contribution >= 0.6 is 49.9 Å². The summed E-state index contributed by atoms with van der Waals surface area (Å²) in [6.45, 7) is 0. The van der Waals surface area contributed by atoms with Crippen LogP contribution in [-0.2, 0) is 12.8 Å². The zero-order valence-corrected chi connectivity index (χ0v) is 20.0. The summed E-state index contributed by atoms with van der Waals surface area (Å²) in [4.78, 5) is 19.0. The molecule has 0 unspecified atom stereocenters. The van der Waals surface area contributed by atoms with Crippen molar-refractivity contribution in [3.8, 4) is 5.75 Å². The van der Waals surface area contributed by atoms with E-state index in [1.807, 2.05) is 42.5 Å². The molecule has 148 valence electrons. The van der Waals surface area contributed by atoms with Crippen molar-refractivity contribution in [1.82, 2.24) is 0 Å². The molecule has 2 N–H and O–H groups in total. The summed E-state index contributed by atoms with van der Waals surface area (Å²) >= 11 is 7.12. The number of thiophene rings is 1. The van der Waals surface area contributed by atoms with Gasteiger partial charge in [-0.25, -0.2) is 4.99 Å². The van der Waals surface area contributed by atoms with Crippen LogP contribution in [0.2, 0.25) is 0 Å². The van der Waals surface area contributed by atoms with E-state index >= 15 is 0 Å². The minimum atomic E-state index is -0.129. The number of hydrogen-bond donors (Lipinski definition) is 2. The van der Waals surface area contributed by atoms with E-state index in [0.717, 1.165) is 45.0 Å². The summed E-state index contributed by atoms with van der Waals surface area (Å²) in [7, 11) is 0. The molecular formula is C22H18BrIN2O2S. The molecule has 0 spiro atoms. The van der Waals surface area contributed by atoms with Crippen molar-refractivity contribution >= 4 is 72.7 Å². The molecule has 1 amide bonds. The number of para-hydroxylation sites is 1. The number of aromatic hydroxyl groups is 1. The Bertz CT molecular complexity index is 1100. The number of phenolic OH excluding ortho intramolecular Hbond substituents is 1. The van der Waals surface area contributed by atoms with E-state index in [0.29, 0.717) is 16.1 Å². The Kier molecular flexibility index (Phi) is 6.36. The minimum Gasteiger partial charge on any atom is -0.506 e. The van der Waals surface area contributed by atoms with Gasteiger partial charge in [-0.15, -0.1) is 11.3 Å². The molecule has 1 aromatic heterocycles. The molecule has 0 saturated carbocycles. The summed E-state index contributed by atoms with van der Waals surface area (Å²) in [6.07, 6.45) is 5.75. The summed E-state index contributed by atoms with van der Waals surface area (Å²) in [5, 5.41) is 14.0. The van der Waals surface area contributed by atoms with Crippen LogP contribution in [0.4, 0.5) is 10.7 Å². The molecule has 0 fully saturated rings. The first-order valence-electron chi connectivity index (χ1n) is 9.26. The fraction of sp³-hybridized carbons (Fsp3) is 0.182. The maximum atomic E-state index is 13.1. The molecule has 4 nitrogen and oxygen atoms in total. The Labute approximate surface area is 195 Å². The van der Waals surface area contributed by atoms with Crippen molar-refractivity contribution in [1.29, 1.82) is 0 Å². The van der Waals surface area contributed by atoms with Gasteiger partial charge in [0, 0.05) is 26.8 Å². The summed E-state index contributed by atoms with van der Waals surface area (Å²) in [5.41, 5.74) is 3.16. The number of anilines is 1.